The molecular formula is C16H21N5O2. The van der Waals surface area contributed by atoms with Gasteiger partial charge in [-0.1, -0.05) is 13.3 Å². The normalized spacial score (nSPS) is 18.0. The van der Waals surface area contributed by atoms with Gasteiger partial charge >= 0.3 is 0 Å². The van der Waals surface area contributed by atoms with E-state index >= 15 is 0 Å². The summed E-state index contributed by atoms with van der Waals surface area (Å²) in [4.78, 5) is 14.8. The Balaban J connectivity index is 1.88. The molecule has 7 nitrogen and oxygen atoms in total. The van der Waals surface area contributed by atoms with Crippen LogP contribution in [-0.4, -0.2) is 51.2 Å². The van der Waals surface area contributed by atoms with E-state index in [0.29, 0.717) is 22.9 Å². The molecule has 0 saturated carbocycles. The molecule has 2 aromatic rings. The van der Waals surface area contributed by atoms with E-state index in [-0.39, 0.29) is 5.91 Å². The summed E-state index contributed by atoms with van der Waals surface area (Å²) in [7, 11) is 1.58. The number of aromatic nitrogens is 4. The van der Waals surface area contributed by atoms with Crippen molar-refractivity contribution in [2.45, 2.75) is 26.2 Å². The molecule has 1 aromatic carbocycles. The zero-order chi connectivity index (χ0) is 16.2. The number of benzene rings is 1. The fourth-order valence-electron chi connectivity index (χ4n) is 3.04. The van der Waals surface area contributed by atoms with Gasteiger partial charge in [0, 0.05) is 18.7 Å². The van der Waals surface area contributed by atoms with Gasteiger partial charge < -0.3 is 9.64 Å². The molecule has 1 aliphatic heterocycles. The molecule has 1 fully saturated rings. The predicted molar refractivity (Wildman–Crippen MR) is 84.6 cm³/mol. The lowest BCUT2D eigenvalue weighted by atomic mass is 9.95. The number of methoxy groups -OCH3 is 1. The van der Waals surface area contributed by atoms with Crippen LogP contribution in [0.2, 0.25) is 0 Å². The van der Waals surface area contributed by atoms with E-state index in [2.05, 4.69) is 22.4 Å². The SMILES string of the molecule is CC[C@H]1CCCN(C(=O)c2ccc(OC)c(-n3cnnn3)c2)C1. The van der Waals surface area contributed by atoms with Crippen LogP contribution in [0.5, 0.6) is 5.75 Å². The first-order valence-corrected chi connectivity index (χ1v) is 7.93. The molecule has 1 saturated heterocycles. The van der Waals surface area contributed by atoms with E-state index in [9.17, 15) is 4.79 Å². The number of tetrazole rings is 1. The first kappa shape index (κ1) is 15.5. The van der Waals surface area contributed by atoms with Crippen molar-refractivity contribution in [3.05, 3.63) is 30.1 Å². The van der Waals surface area contributed by atoms with E-state index < -0.39 is 0 Å². The van der Waals surface area contributed by atoms with Crippen molar-refractivity contribution >= 4 is 5.91 Å². The highest BCUT2D eigenvalue weighted by atomic mass is 16.5. The zero-order valence-corrected chi connectivity index (χ0v) is 13.5. The van der Waals surface area contributed by atoms with Crippen molar-refractivity contribution in [1.29, 1.82) is 0 Å². The molecule has 0 unspecified atom stereocenters. The first-order chi connectivity index (χ1) is 11.2. The van der Waals surface area contributed by atoms with E-state index in [1.54, 1.807) is 25.3 Å². The van der Waals surface area contributed by atoms with Crippen LogP contribution in [0.15, 0.2) is 24.5 Å². The molecular weight excluding hydrogens is 294 g/mol. The fraction of sp³-hybridized carbons (Fsp3) is 0.500. The minimum atomic E-state index is 0.0557. The minimum absolute atomic E-state index is 0.0557. The smallest absolute Gasteiger partial charge is 0.253 e. The number of piperidine rings is 1. The molecule has 2 heterocycles. The number of carbonyl (C=O) groups excluding carboxylic acids is 1. The van der Waals surface area contributed by atoms with Gasteiger partial charge in [-0.25, -0.2) is 0 Å². The quantitative estimate of drug-likeness (QED) is 0.862. The van der Waals surface area contributed by atoms with Crippen LogP contribution < -0.4 is 4.74 Å². The number of nitrogens with zero attached hydrogens (tertiary/aromatic N) is 5. The van der Waals surface area contributed by atoms with E-state index in [0.717, 1.165) is 25.9 Å². The second-order valence-electron chi connectivity index (χ2n) is 5.81. The molecule has 1 atom stereocenters. The average Bonchev–Trinajstić information content (AvgIpc) is 3.15. The summed E-state index contributed by atoms with van der Waals surface area (Å²) in [5.74, 6) is 1.28. The maximum absolute atomic E-state index is 12.8. The minimum Gasteiger partial charge on any atom is -0.494 e. The predicted octanol–water partition coefficient (Wildman–Crippen LogP) is 1.93. The Morgan fingerprint density at radius 1 is 1.43 bits per heavy atom. The second kappa shape index (κ2) is 6.76. The third-order valence-corrected chi connectivity index (χ3v) is 4.41. The largest absolute Gasteiger partial charge is 0.494 e. The standard InChI is InChI=1S/C16H21N5O2/c1-3-12-5-4-8-20(10-12)16(22)13-6-7-15(23-2)14(9-13)21-11-17-18-19-21/h6-7,9,11-12H,3-5,8,10H2,1-2H3/t12-/m0/s1. The molecule has 0 aliphatic carbocycles. The van der Waals surface area contributed by atoms with E-state index in [1.165, 1.54) is 17.4 Å². The number of amides is 1. The Morgan fingerprint density at radius 2 is 2.30 bits per heavy atom. The molecule has 122 valence electrons. The summed E-state index contributed by atoms with van der Waals surface area (Å²) in [5.41, 5.74) is 1.29. The van der Waals surface area contributed by atoms with Gasteiger partial charge in [-0.2, -0.15) is 4.68 Å². The lowest BCUT2D eigenvalue weighted by molar-refractivity contribution is 0.0671. The first-order valence-electron chi connectivity index (χ1n) is 7.93. The third kappa shape index (κ3) is 3.18. The Kier molecular flexibility index (Phi) is 4.55. The number of carbonyl (C=O) groups is 1. The number of ether oxygens (including phenoxy) is 1. The van der Waals surface area contributed by atoms with E-state index in [1.807, 2.05) is 4.90 Å². The van der Waals surface area contributed by atoms with Crippen LogP contribution in [0.4, 0.5) is 0 Å². The molecule has 7 heteroatoms. The molecule has 0 spiro atoms. The van der Waals surface area contributed by atoms with Crippen molar-refractivity contribution in [3.8, 4) is 11.4 Å². The lowest BCUT2D eigenvalue weighted by Gasteiger charge is -2.32. The summed E-state index contributed by atoms with van der Waals surface area (Å²) in [6, 6.07) is 5.36. The van der Waals surface area contributed by atoms with Crippen LogP contribution in [-0.2, 0) is 0 Å². The Labute approximate surface area is 135 Å². The summed E-state index contributed by atoms with van der Waals surface area (Å²) in [6.07, 6.45) is 4.88. The van der Waals surface area contributed by atoms with Crippen LogP contribution in [0, 0.1) is 5.92 Å². The number of hydrogen-bond acceptors (Lipinski definition) is 5. The highest BCUT2D eigenvalue weighted by molar-refractivity contribution is 5.95. The number of rotatable bonds is 4. The second-order valence-corrected chi connectivity index (χ2v) is 5.81. The summed E-state index contributed by atoms with van der Waals surface area (Å²) < 4.78 is 6.84. The number of hydrogen-bond donors (Lipinski definition) is 0. The van der Waals surface area contributed by atoms with Crippen LogP contribution >= 0.6 is 0 Å². The van der Waals surface area contributed by atoms with Gasteiger partial charge in [0.1, 0.15) is 17.8 Å². The molecule has 23 heavy (non-hydrogen) atoms. The topological polar surface area (TPSA) is 73.1 Å². The monoisotopic (exact) mass is 315 g/mol. The summed E-state index contributed by atoms with van der Waals surface area (Å²) in [5, 5.41) is 11.2. The van der Waals surface area contributed by atoms with Gasteiger partial charge in [-0.15, -0.1) is 5.10 Å². The van der Waals surface area contributed by atoms with Crippen LogP contribution in [0.3, 0.4) is 0 Å². The summed E-state index contributed by atoms with van der Waals surface area (Å²) in [6.45, 7) is 3.84. The van der Waals surface area contributed by atoms with Gasteiger partial charge in [0.15, 0.2) is 0 Å². The van der Waals surface area contributed by atoms with Gasteiger partial charge in [0.05, 0.1) is 7.11 Å². The molecule has 0 radical (unpaired) electrons. The summed E-state index contributed by atoms with van der Waals surface area (Å²) >= 11 is 0. The highest BCUT2D eigenvalue weighted by Crippen LogP contribution is 2.25. The van der Waals surface area contributed by atoms with Crippen LogP contribution in [0.25, 0.3) is 5.69 Å². The van der Waals surface area contributed by atoms with Crippen molar-refractivity contribution in [1.82, 2.24) is 25.1 Å². The van der Waals surface area contributed by atoms with Crippen molar-refractivity contribution < 1.29 is 9.53 Å². The van der Waals surface area contributed by atoms with Crippen molar-refractivity contribution in [2.24, 2.45) is 5.92 Å². The fourth-order valence-corrected chi connectivity index (χ4v) is 3.04. The van der Waals surface area contributed by atoms with Gasteiger partial charge in [0.2, 0.25) is 0 Å². The van der Waals surface area contributed by atoms with Gasteiger partial charge in [-0.3, -0.25) is 4.79 Å². The van der Waals surface area contributed by atoms with Crippen molar-refractivity contribution in [3.63, 3.8) is 0 Å². The van der Waals surface area contributed by atoms with Gasteiger partial charge in [0.25, 0.3) is 5.91 Å². The average molecular weight is 315 g/mol. The molecule has 0 N–H and O–H groups in total. The highest BCUT2D eigenvalue weighted by Gasteiger charge is 2.24. The maximum atomic E-state index is 12.8. The molecule has 1 aliphatic rings. The molecule has 1 amide bonds. The Hall–Kier alpha value is -2.44. The van der Waals surface area contributed by atoms with Crippen LogP contribution in [0.1, 0.15) is 36.5 Å². The maximum Gasteiger partial charge on any atom is 0.253 e. The van der Waals surface area contributed by atoms with Gasteiger partial charge in [-0.05, 0) is 47.4 Å². The molecule has 3 rings (SSSR count). The van der Waals surface area contributed by atoms with Crippen molar-refractivity contribution in [2.75, 3.05) is 20.2 Å². The molecule has 1 aromatic heterocycles. The number of likely N-dealkylation sites (tertiary alicyclic amines) is 1. The molecule has 0 bridgehead atoms. The zero-order valence-electron chi connectivity index (χ0n) is 13.5. The Bertz CT molecular complexity index is 671. The lowest BCUT2D eigenvalue weighted by Crippen LogP contribution is -2.39. The van der Waals surface area contributed by atoms with E-state index in [4.69, 9.17) is 4.74 Å². The Morgan fingerprint density at radius 3 is 3.00 bits per heavy atom. The third-order valence-electron chi connectivity index (χ3n) is 4.41.